The summed E-state index contributed by atoms with van der Waals surface area (Å²) in [6.45, 7) is 10.1. The first-order valence-corrected chi connectivity index (χ1v) is 8.48. The summed E-state index contributed by atoms with van der Waals surface area (Å²) in [7, 11) is 0. The number of fused-ring (bicyclic) bond motifs is 2. The third kappa shape index (κ3) is 2.30. The second kappa shape index (κ2) is 4.76. The Morgan fingerprint density at radius 3 is 2.30 bits per heavy atom. The summed E-state index contributed by atoms with van der Waals surface area (Å²) >= 11 is 0. The lowest BCUT2D eigenvalue weighted by Gasteiger charge is -2.39. The normalized spacial score (nSPS) is 50.8. The third-order valence-electron chi connectivity index (χ3n) is 5.72. The number of hydrogen-bond acceptors (Lipinski definition) is 6. The molecule has 1 saturated carbocycles. The van der Waals surface area contributed by atoms with Crippen molar-refractivity contribution in [1.82, 2.24) is 0 Å². The van der Waals surface area contributed by atoms with Crippen molar-refractivity contribution >= 4 is 5.78 Å². The van der Waals surface area contributed by atoms with E-state index in [2.05, 4.69) is 6.92 Å². The van der Waals surface area contributed by atoms with Crippen molar-refractivity contribution in [3.63, 3.8) is 0 Å². The molecule has 6 heteroatoms. The number of ketones is 1. The third-order valence-corrected chi connectivity index (χ3v) is 5.72. The van der Waals surface area contributed by atoms with Crippen LogP contribution in [0.3, 0.4) is 0 Å². The maximum atomic E-state index is 12.2. The van der Waals surface area contributed by atoms with Crippen LogP contribution in [-0.4, -0.2) is 48.6 Å². The van der Waals surface area contributed by atoms with Gasteiger partial charge in [-0.05, 0) is 33.6 Å². The van der Waals surface area contributed by atoms with Gasteiger partial charge in [0.15, 0.2) is 17.9 Å². The Bertz CT molecular complexity index is 529. The fourth-order valence-electron chi connectivity index (χ4n) is 4.81. The standard InChI is InChI=1S/C17H26O6/c1-9-6-10(18)7-17(9)12(11-8-19-15(2,3)21-11)20-14-13(17)22-16(4,5)23-14/h9,11-14H,6-8H2,1-5H3/t9-,11-,12-,13+,14-,17-/m1/s1. The van der Waals surface area contributed by atoms with Gasteiger partial charge in [-0.2, -0.15) is 0 Å². The van der Waals surface area contributed by atoms with Crippen LogP contribution < -0.4 is 0 Å². The number of Topliss-reactive ketones (excluding diaryl/α,β-unsaturated/α-hetero) is 1. The molecule has 4 fully saturated rings. The number of rotatable bonds is 1. The van der Waals surface area contributed by atoms with Crippen molar-refractivity contribution < 1.29 is 28.5 Å². The van der Waals surface area contributed by atoms with E-state index in [0.717, 1.165) is 0 Å². The van der Waals surface area contributed by atoms with Gasteiger partial charge in [0.05, 0.1) is 12.7 Å². The Balaban J connectivity index is 1.69. The predicted molar refractivity (Wildman–Crippen MR) is 79.4 cm³/mol. The van der Waals surface area contributed by atoms with Gasteiger partial charge in [-0.1, -0.05) is 6.92 Å². The first-order chi connectivity index (χ1) is 10.6. The second-order valence-electron chi connectivity index (χ2n) is 8.28. The molecule has 3 saturated heterocycles. The number of ether oxygens (including phenoxy) is 5. The first-order valence-electron chi connectivity index (χ1n) is 8.48. The van der Waals surface area contributed by atoms with Crippen LogP contribution in [0.4, 0.5) is 0 Å². The monoisotopic (exact) mass is 326 g/mol. The van der Waals surface area contributed by atoms with E-state index in [9.17, 15) is 4.79 Å². The molecule has 0 bridgehead atoms. The Labute approximate surface area is 136 Å². The minimum absolute atomic E-state index is 0.166. The molecule has 1 aliphatic carbocycles. The van der Waals surface area contributed by atoms with E-state index < -0.39 is 23.3 Å². The van der Waals surface area contributed by atoms with E-state index in [1.807, 2.05) is 27.7 Å². The molecule has 3 heterocycles. The van der Waals surface area contributed by atoms with E-state index in [1.165, 1.54) is 0 Å². The second-order valence-corrected chi connectivity index (χ2v) is 8.28. The summed E-state index contributed by atoms with van der Waals surface area (Å²) in [4.78, 5) is 12.2. The molecule has 23 heavy (non-hydrogen) atoms. The molecular formula is C17H26O6. The largest absolute Gasteiger partial charge is 0.348 e. The average molecular weight is 326 g/mol. The molecule has 4 aliphatic rings. The molecule has 0 N–H and O–H groups in total. The van der Waals surface area contributed by atoms with E-state index in [4.69, 9.17) is 23.7 Å². The number of hydrogen-bond donors (Lipinski definition) is 0. The first kappa shape index (κ1) is 16.0. The lowest BCUT2D eigenvalue weighted by molar-refractivity contribution is -0.240. The van der Waals surface area contributed by atoms with Crippen LogP contribution in [0.2, 0.25) is 0 Å². The quantitative estimate of drug-likeness (QED) is 0.734. The van der Waals surface area contributed by atoms with Gasteiger partial charge < -0.3 is 23.7 Å². The maximum Gasteiger partial charge on any atom is 0.188 e. The van der Waals surface area contributed by atoms with Crippen LogP contribution in [0.25, 0.3) is 0 Å². The van der Waals surface area contributed by atoms with Gasteiger partial charge in [-0.15, -0.1) is 0 Å². The fourth-order valence-corrected chi connectivity index (χ4v) is 4.81. The minimum Gasteiger partial charge on any atom is -0.348 e. The lowest BCUT2D eigenvalue weighted by atomic mass is 9.69. The number of carbonyl (C=O) groups excluding carboxylic acids is 1. The Morgan fingerprint density at radius 1 is 1.00 bits per heavy atom. The topological polar surface area (TPSA) is 63.2 Å². The van der Waals surface area contributed by atoms with Crippen LogP contribution in [0.5, 0.6) is 0 Å². The molecule has 0 amide bonds. The summed E-state index contributed by atoms with van der Waals surface area (Å²) in [6, 6.07) is 0. The van der Waals surface area contributed by atoms with Crippen LogP contribution >= 0.6 is 0 Å². The van der Waals surface area contributed by atoms with Gasteiger partial charge in [0.2, 0.25) is 0 Å². The van der Waals surface area contributed by atoms with E-state index in [0.29, 0.717) is 19.4 Å². The summed E-state index contributed by atoms with van der Waals surface area (Å²) in [5.74, 6) is -0.886. The lowest BCUT2D eigenvalue weighted by Crippen LogP contribution is -2.50. The van der Waals surface area contributed by atoms with Gasteiger partial charge in [-0.25, -0.2) is 0 Å². The highest BCUT2D eigenvalue weighted by Crippen LogP contribution is 2.59. The molecule has 6 nitrogen and oxygen atoms in total. The van der Waals surface area contributed by atoms with E-state index in [-0.39, 0.29) is 30.0 Å². The van der Waals surface area contributed by atoms with Gasteiger partial charge in [0.25, 0.3) is 0 Å². The van der Waals surface area contributed by atoms with E-state index >= 15 is 0 Å². The SMILES string of the molecule is C[C@@H]1CC(=O)C[C@]12[C@@H]([C@H]1COC(C)(C)O1)O[C@@H]1OC(C)(C)O[C@@H]12. The highest BCUT2D eigenvalue weighted by molar-refractivity contribution is 5.82. The van der Waals surface area contributed by atoms with Crippen molar-refractivity contribution in [3.05, 3.63) is 0 Å². The molecule has 130 valence electrons. The summed E-state index contributed by atoms with van der Waals surface area (Å²) < 4.78 is 30.1. The molecule has 0 radical (unpaired) electrons. The van der Waals surface area contributed by atoms with Crippen molar-refractivity contribution in [3.8, 4) is 0 Å². The van der Waals surface area contributed by atoms with E-state index in [1.54, 1.807) is 0 Å². The van der Waals surface area contributed by atoms with Crippen molar-refractivity contribution in [2.24, 2.45) is 11.3 Å². The van der Waals surface area contributed by atoms with Crippen LogP contribution in [0.1, 0.15) is 47.5 Å². The molecule has 0 aromatic carbocycles. The Morgan fingerprint density at radius 2 is 1.74 bits per heavy atom. The highest BCUT2D eigenvalue weighted by Gasteiger charge is 2.70. The van der Waals surface area contributed by atoms with Gasteiger partial charge >= 0.3 is 0 Å². The van der Waals surface area contributed by atoms with Crippen molar-refractivity contribution in [2.75, 3.05) is 6.61 Å². The summed E-state index contributed by atoms with van der Waals surface area (Å²) in [6.07, 6.45) is -0.133. The smallest absolute Gasteiger partial charge is 0.188 e. The van der Waals surface area contributed by atoms with Crippen molar-refractivity contribution in [2.45, 2.75) is 83.6 Å². The molecular weight excluding hydrogens is 300 g/mol. The maximum absolute atomic E-state index is 12.2. The highest BCUT2D eigenvalue weighted by atomic mass is 16.8. The zero-order chi connectivity index (χ0) is 16.6. The van der Waals surface area contributed by atoms with Crippen LogP contribution in [0, 0.1) is 11.3 Å². The Kier molecular flexibility index (Phi) is 3.30. The minimum atomic E-state index is -0.690. The van der Waals surface area contributed by atoms with Crippen LogP contribution in [-0.2, 0) is 28.5 Å². The molecule has 1 spiro atoms. The molecule has 4 rings (SSSR count). The Hall–Kier alpha value is -0.530. The molecule has 3 aliphatic heterocycles. The molecule has 0 aromatic heterocycles. The van der Waals surface area contributed by atoms with Gasteiger partial charge in [0, 0.05) is 18.3 Å². The zero-order valence-electron chi connectivity index (χ0n) is 14.5. The summed E-state index contributed by atoms with van der Waals surface area (Å²) in [5.41, 5.74) is -0.399. The van der Waals surface area contributed by atoms with Gasteiger partial charge in [0.1, 0.15) is 18.0 Å². The van der Waals surface area contributed by atoms with Gasteiger partial charge in [-0.3, -0.25) is 4.79 Å². The average Bonchev–Trinajstić information content (AvgIpc) is 3.06. The zero-order valence-corrected chi connectivity index (χ0v) is 14.5. The molecule has 0 unspecified atom stereocenters. The van der Waals surface area contributed by atoms with Crippen molar-refractivity contribution in [1.29, 1.82) is 0 Å². The number of carbonyl (C=O) groups is 1. The predicted octanol–water partition coefficient (Wildman–Crippen LogP) is 2.00. The molecule has 0 aromatic rings. The fraction of sp³-hybridized carbons (Fsp3) is 0.941. The summed E-state index contributed by atoms with van der Waals surface area (Å²) in [5, 5.41) is 0. The van der Waals surface area contributed by atoms with Crippen LogP contribution in [0.15, 0.2) is 0 Å². The molecule has 6 atom stereocenters.